The summed E-state index contributed by atoms with van der Waals surface area (Å²) in [5.41, 5.74) is 4.54. The Hall–Kier alpha value is -1.22. The van der Waals surface area contributed by atoms with Crippen LogP contribution in [-0.4, -0.2) is 25.8 Å². The third-order valence-corrected chi connectivity index (χ3v) is 3.61. The molecule has 3 N–H and O–H groups in total. The fraction of sp³-hybridized carbons (Fsp3) is 0.550. The molecule has 0 spiro atoms. The number of rotatable bonds is 11. The van der Waals surface area contributed by atoms with Gasteiger partial charge in [-0.3, -0.25) is 15.2 Å². The molecule has 0 amide bonds. The minimum Gasteiger partial charge on any atom is -0.385 e. The molecule has 0 radical (unpaired) electrons. The maximum absolute atomic E-state index is 4.61. The van der Waals surface area contributed by atoms with Crippen LogP contribution in [0.25, 0.3) is 0 Å². The first-order valence-electron chi connectivity index (χ1n) is 8.77. The number of allylic oxidation sites excluding steroid dienone is 4. The van der Waals surface area contributed by atoms with E-state index in [-0.39, 0.29) is 5.41 Å². The Labute approximate surface area is 156 Å². The molecule has 0 aliphatic carbocycles. The third kappa shape index (κ3) is 16.0. The van der Waals surface area contributed by atoms with E-state index in [1.54, 1.807) is 0 Å². The van der Waals surface area contributed by atoms with Crippen LogP contribution < -0.4 is 15.5 Å². The second-order valence-electron chi connectivity index (χ2n) is 7.44. The number of aliphatic imine (C=N–C) groups is 1. The Bertz CT molecular complexity index is 518. The van der Waals surface area contributed by atoms with Crippen molar-refractivity contribution in [2.75, 3.05) is 20.1 Å². The third-order valence-electron chi connectivity index (χ3n) is 2.98. The van der Waals surface area contributed by atoms with Crippen molar-refractivity contribution in [3.8, 4) is 0 Å². The quantitative estimate of drug-likeness (QED) is 0.215. The van der Waals surface area contributed by atoms with Gasteiger partial charge in [0.1, 0.15) is 0 Å². The molecule has 0 saturated carbocycles. The van der Waals surface area contributed by atoms with E-state index in [9.17, 15) is 0 Å². The molecular weight excluding hydrogens is 327 g/mol. The van der Waals surface area contributed by atoms with E-state index in [4.69, 9.17) is 0 Å². The molecule has 25 heavy (non-hydrogen) atoms. The Balaban J connectivity index is 4.61. The lowest BCUT2D eigenvalue weighted by atomic mass is 9.97. The summed E-state index contributed by atoms with van der Waals surface area (Å²) >= 11 is 0. The Morgan fingerprint density at radius 2 is 1.88 bits per heavy atom. The lowest BCUT2D eigenvalue weighted by Gasteiger charge is -2.19. The largest absolute Gasteiger partial charge is 0.385 e. The van der Waals surface area contributed by atoms with Crippen molar-refractivity contribution < 1.29 is 0 Å². The van der Waals surface area contributed by atoms with Crippen LogP contribution >= 0.6 is 8.88 Å². The number of nitrogens with one attached hydrogen (secondary N) is 3. The molecule has 0 aliphatic rings. The molecule has 0 fully saturated rings. The van der Waals surface area contributed by atoms with E-state index in [0.29, 0.717) is 8.88 Å². The van der Waals surface area contributed by atoms with Gasteiger partial charge in [-0.1, -0.05) is 39.5 Å². The van der Waals surface area contributed by atoms with Gasteiger partial charge in [-0.15, -0.1) is 0 Å². The van der Waals surface area contributed by atoms with Crippen LogP contribution in [0.15, 0.2) is 52.8 Å². The summed E-state index contributed by atoms with van der Waals surface area (Å²) in [4.78, 5) is 4.61. The van der Waals surface area contributed by atoms with Crippen LogP contribution in [0.3, 0.4) is 0 Å². The highest BCUT2D eigenvalue weighted by atomic mass is 31.1. The molecule has 0 aromatic carbocycles. The second kappa shape index (κ2) is 13.0. The predicted octanol–water partition coefficient (Wildman–Crippen LogP) is 4.71. The van der Waals surface area contributed by atoms with Crippen molar-refractivity contribution in [3.05, 3.63) is 47.9 Å². The van der Waals surface area contributed by atoms with E-state index in [0.717, 1.165) is 36.6 Å². The van der Waals surface area contributed by atoms with Gasteiger partial charge in [-0.2, -0.15) is 0 Å². The maximum atomic E-state index is 4.61. The molecule has 1 atom stereocenters. The molecule has 0 aromatic heterocycles. The predicted molar refractivity (Wildman–Crippen MR) is 116 cm³/mol. The van der Waals surface area contributed by atoms with Gasteiger partial charge in [0.2, 0.25) is 0 Å². The molecule has 1 unspecified atom stereocenters. The molecule has 0 saturated heterocycles. The number of hydrogen-bond acceptors (Lipinski definition) is 4. The van der Waals surface area contributed by atoms with E-state index >= 15 is 0 Å². The zero-order valence-corrected chi connectivity index (χ0v) is 18.1. The van der Waals surface area contributed by atoms with Crippen LogP contribution in [0, 0.1) is 5.41 Å². The lowest BCUT2D eigenvalue weighted by molar-refractivity contribution is 0.399. The van der Waals surface area contributed by atoms with Crippen molar-refractivity contribution in [3.63, 3.8) is 0 Å². The summed E-state index contributed by atoms with van der Waals surface area (Å²) in [6.07, 6.45) is 9.32. The summed E-state index contributed by atoms with van der Waals surface area (Å²) in [5.74, 6) is 0. The van der Waals surface area contributed by atoms with Gasteiger partial charge in [-0.05, 0) is 51.0 Å². The number of hydrogen-bond donors (Lipinski definition) is 3. The molecule has 0 aliphatic heterocycles. The topological polar surface area (TPSA) is 48.5 Å². The fourth-order valence-electron chi connectivity index (χ4n) is 1.89. The first kappa shape index (κ1) is 23.8. The van der Waals surface area contributed by atoms with Crippen LogP contribution in [0.4, 0.5) is 0 Å². The van der Waals surface area contributed by atoms with Crippen LogP contribution in [0.2, 0.25) is 0 Å². The molecule has 0 aromatic rings. The van der Waals surface area contributed by atoms with Gasteiger partial charge in [-0.25, -0.2) is 0 Å². The Morgan fingerprint density at radius 1 is 1.20 bits per heavy atom. The molecular formula is C20H37N4P. The summed E-state index contributed by atoms with van der Waals surface area (Å²) < 4.78 is 0. The fourth-order valence-corrected chi connectivity index (χ4v) is 2.27. The van der Waals surface area contributed by atoms with Crippen LogP contribution in [0.5, 0.6) is 0 Å². The van der Waals surface area contributed by atoms with E-state index in [1.165, 1.54) is 5.57 Å². The molecule has 142 valence electrons. The van der Waals surface area contributed by atoms with Gasteiger partial charge < -0.3 is 5.32 Å². The van der Waals surface area contributed by atoms with Crippen molar-refractivity contribution in [1.29, 1.82) is 0 Å². The van der Waals surface area contributed by atoms with Crippen molar-refractivity contribution in [1.82, 2.24) is 15.5 Å². The lowest BCUT2D eigenvalue weighted by Crippen LogP contribution is -2.25. The van der Waals surface area contributed by atoms with Crippen LogP contribution in [-0.2, 0) is 0 Å². The van der Waals surface area contributed by atoms with Crippen LogP contribution in [0.1, 0.15) is 48.0 Å². The molecule has 0 bridgehead atoms. The highest BCUT2D eigenvalue weighted by Crippen LogP contribution is 2.12. The summed E-state index contributed by atoms with van der Waals surface area (Å²) in [6.45, 7) is 18.6. The maximum Gasteiger partial charge on any atom is 0.0413 e. The van der Waals surface area contributed by atoms with E-state index in [1.807, 2.05) is 20.9 Å². The standard InChI is InChI=1S/C20H37N4P/c1-16(2)24-19(12-13-23-25-21-8)11-9-10-17(3)14-18(4)22-15-20(5,6)7/h9-10,12,14,21-23,25H,4,11,13,15H2,1-3,5-8H3/b10-9-,17-14-,19-12-. The molecule has 5 heteroatoms. The van der Waals surface area contributed by atoms with Gasteiger partial charge in [0.25, 0.3) is 0 Å². The highest BCUT2D eigenvalue weighted by molar-refractivity contribution is 7.33. The SMILES string of the molecule is C=C(/C=C(C)\C=C/C/C(=C/CNPNC)N=C(C)C)NCC(C)(C)C. The zero-order valence-electron chi connectivity index (χ0n) is 17.1. The summed E-state index contributed by atoms with van der Waals surface area (Å²) in [6, 6.07) is 0. The first-order chi connectivity index (χ1) is 11.6. The molecule has 0 rings (SSSR count). The Morgan fingerprint density at radius 3 is 2.44 bits per heavy atom. The van der Waals surface area contributed by atoms with Gasteiger partial charge in [0.05, 0.1) is 0 Å². The van der Waals surface area contributed by atoms with Gasteiger partial charge in [0, 0.05) is 45.5 Å². The second-order valence-corrected chi connectivity index (χ2v) is 8.55. The normalized spacial score (nSPS) is 13.7. The first-order valence-corrected chi connectivity index (χ1v) is 9.77. The average molecular weight is 365 g/mol. The smallest absolute Gasteiger partial charge is 0.0413 e. The minimum atomic E-state index is 0.248. The molecule has 4 nitrogen and oxygen atoms in total. The van der Waals surface area contributed by atoms with Crippen molar-refractivity contribution in [2.24, 2.45) is 10.4 Å². The van der Waals surface area contributed by atoms with Crippen molar-refractivity contribution in [2.45, 2.75) is 48.0 Å². The average Bonchev–Trinajstić information content (AvgIpc) is 2.48. The highest BCUT2D eigenvalue weighted by Gasteiger charge is 2.08. The zero-order chi connectivity index (χ0) is 19.3. The van der Waals surface area contributed by atoms with Gasteiger partial charge >= 0.3 is 0 Å². The summed E-state index contributed by atoms with van der Waals surface area (Å²) in [7, 11) is 2.50. The van der Waals surface area contributed by atoms with Crippen molar-refractivity contribution >= 4 is 14.6 Å². The molecule has 0 heterocycles. The summed E-state index contributed by atoms with van der Waals surface area (Å²) in [5, 5.41) is 9.77. The van der Waals surface area contributed by atoms with Gasteiger partial charge in [0.15, 0.2) is 0 Å². The monoisotopic (exact) mass is 364 g/mol. The number of nitrogens with zero attached hydrogens (tertiary/aromatic N) is 1. The van der Waals surface area contributed by atoms with E-state index in [2.05, 4.69) is 79.1 Å². The Kier molecular flexibility index (Phi) is 12.4. The minimum absolute atomic E-state index is 0.248. The van der Waals surface area contributed by atoms with E-state index < -0.39 is 0 Å².